The predicted molar refractivity (Wildman–Crippen MR) is 119 cm³/mol. The van der Waals surface area contributed by atoms with E-state index in [0.717, 1.165) is 48.0 Å². The quantitative estimate of drug-likeness (QED) is 0.292. The van der Waals surface area contributed by atoms with Gasteiger partial charge in [-0.2, -0.15) is 0 Å². The van der Waals surface area contributed by atoms with Crippen molar-refractivity contribution in [2.75, 3.05) is 25.4 Å². The van der Waals surface area contributed by atoms with Crippen LogP contribution >= 0.6 is 15.9 Å². The molecule has 28 heavy (non-hydrogen) atoms. The maximum Gasteiger partial charge on any atom is 0.251 e. The van der Waals surface area contributed by atoms with Crippen molar-refractivity contribution in [1.82, 2.24) is 10.6 Å². The van der Waals surface area contributed by atoms with Crippen molar-refractivity contribution in [2.45, 2.75) is 70.8 Å². The number of hydrogen-bond donors (Lipinski definition) is 4. The standard InChI is InChI=1S/C22H36BrN3O2/c1-2-25-21(16-10-6-5-7-11-16)18-14-17(15-19(23)20(18)24)22(28)26-12-8-3-4-9-13-27/h14-16,21,25,27H,2-13,24H2,1H3,(H,26,28). The van der Waals surface area contributed by atoms with Crippen molar-refractivity contribution in [3.8, 4) is 0 Å². The number of nitrogen functional groups attached to an aromatic ring is 1. The van der Waals surface area contributed by atoms with Crippen molar-refractivity contribution in [1.29, 1.82) is 0 Å². The Hall–Kier alpha value is -1.11. The number of rotatable bonds is 11. The fourth-order valence-corrected chi connectivity index (χ4v) is 4.62. The smallest absolute Gasteiger partial charge is 0.251 e. The number of nitrogens with two attached hydrogens (primary N) is 1. The number of unbranched alkanes of at least 4 members (excludes halogenated alkanes) is 3. The summed E-state index contributed by atoms with van der Waals surface area (Å²) in [4.78, 5) is 12.7. The number of nitrogens with one attached hydrogen (secondary N) is 2. The normalized spacial score (nSPS) is 16.1. The molecule has 2 rings (SSSR count). The summed E-state index contributed by atoms with van der Waals surface area (Å²) >= 11 is 3.56. The third-order valence-electron chi connectivity index (χ3n) is 5.67. The Balaban J connectivity index is 2.09. The number of anilines is 1. The van der Waals surface area contributed by atoms with Gasteiger partial charge in [-0.1, -0.05) is 39.0 Å². The van der Waals surface area contributed by atoms with Gasteiger partial charge in [0.25, 0.3) is 5.91 Å². The van der Waals surface area contributed by atoms with Crippen molar-refractivity contribution < 1.29 is 9.90 Å². The third kappa shape index (κ3) is 6.75. The van der Waals surface area contributed by atoms with Gasteiger partial charge in [0.05, 0.1) is 5.69 Å². The first-order valence-electron chi connectivity index (χ1n) is 10.8. The van der Waals surface area contributed by atoms with E-state index >= 15 is 0 Å². The van der Waals surface area contributed by atoms with Crippen LogP contribution in [0.2, 0.25) is 0 Å². The highest BCUT2D eigenvalue weighted by molar-refractivity contribution is 9.10. The van der Waals surface area contributed by atoms with Crippen LogP contribution in [0.15, 0.2) is 16.6 Å². The third-order valence-corrected chi connectivity index (χ3v) is 6.33. The average Bonchev–Trinajstić information content (AvgIpc) is 2.71. The van der Waals surface area contributed by atoms with Gasteiger partial charge in [0.2, 0.25) is 0 Å². The van der Waals surface area contributed by atoms with E-state index in [-0.39, 0.29) is 18.6 Å². The van der Waals surface area contributed by atoms with Gasteiger partial charge >= 0.3 is 0 Å². The Bertz CT molecular complexity index is 618. The van der Waals surface area contributed by atoms with E-state index in [4.69, 9.17) is 10.8 Å². The van der Waals surface area contributed by atoms with Gasteiger partial charge < -0.3 is 21.5 Å². The molecule has 1 atom stereocenters. The zero-order valence-corrected chi connectivity index (χ0v) is 18.7. The van der Waals surface area contributed by atoms with E-state index in [9.17, 15) is 4.79 Å². The lowest BCUT2D eigenvalue weighted by Gasteiger charge is -2.32. The Kier molecular flexibility index (Phi) is 10.3. The minimum absolute atomic E-state index is 0.0528. The average molecular weight is 454 g/mol. The maximum absolute atomic E-state index is 12.7. The first-order valence-corrected chi connectivity index (χ1v) is 11.6. The van der Waals surface area contributed by atoms with Crippen molar-refractivity contribution in [3.05, 3.63) is 27.7 Å². The fraction of sp³-hybridized carbons (Fsp3) is 0.682. The highest BCUT2D eigenvalue weighted by atomic mass is 79.9. The number of aliphatic hydroxyl groups excluding tert-OH is 1. The van der Waals surface area contributed by atoms with Gasteiger partial charge in [0.1, 0.15) is 0 Å². The Morgan fingerprint density at radius 2 is 1.93 bits per heavy atom. The summed E-state index contributed by atoms with van der Waals surface area (Å²) in [5.41, 5.74) is 8.85. The molecule has 1 aliphatic carbocycles. The maximum atomic E-state index is 12.7. The minimum atomic E-state index is -0.0528. The van der Waals surface area contributed by atoms with E-state index in [2.05, 4.69) is 33.5 Å². The molecule has 5 N–H and O–H groups in total. The van der Waals surface area contributed by atoms with Crippen LogP contribution in [0, 0.1) is 5.92 Å². The van der Waals surface area contributed by atoms with Gasteiger partial charge in [0.15, 0.2) is 0 Å². The van der Waals surface area contributed by atoms with Gasteiger partial charge in [-0.25, -0.2) is 0 Å². The molecule has 0 bridgehead atoms. The van der Waals surface area contributed by atoms with Gasteiger partial charge in [-0.15, -0.1) is 0 Å². The van der Waals surface area contributed by atoms with Crippen LogP contribution in [0.5, 0.6) is 0 Å². The predicted octanol–water partition coefficient (Wildman–Crippen LogP) is 4.54. The van der Waals surface area contributed by atoms with Gasteiger partial charge in [-0.05, 0) is 71.8 Å². The number of carbonyl (C=O) groups is 1. The number of benzene rings is 1. The molecule has 1 aliphatic rings. The molecule has 0 saturated heterocycles. The SMILES string of the molecule is CCNC(c1cc(C(=O)NCCCCCCO)cc(Br)c1N)C1CCCCC1. The molecule has 0 spiro atoms. The lowest BCUT2D eigenvalue weighted by Crippen LogP contribution is -2.31. The summed E-state index contributed by atoms with van der Waals surface area (Å²) < 4.78 is 0.789. The topological polar surface area (TPSA) is 87.4 Å². The van der Waals surface area contributed by atoms with Crippen LogP contribution in [-0.2, 0) is 0 Å². The Labute approximate surface area is 178 Å². The summed E-state index contributed by atoms with van der Waals surface area (Å²) in [5.74, 6) is 0.510. The van der Waals surface area contributed by atoms with Gasteiger partial charge in [-0.3, -0.25) is 4.79 Å². The summed E-state index contributed by atoms with van der Waals surface area (Å²) in [6.45, 7) is 3.89. The second-order valence-corrected chi connectivity index (χ2v) is 8.64. The number of amides is 1. The highest BCUT2D eigenvalue weighted by Crippen LogP contribution is 2.39. The molecule has 6 heteroatoms. The zero-order chi connectivity index (χ0) is 20.4. The van der Waals surface area contributed by atoms with Crippen LogP contribution in [0.25, 0.3) is 0 Å². The number of halogens is 1. The molecule has 0 aliphatic heterocycles. The van der Waals surface area contributed by atoms with Crippen LogP contribution in [-0.4, -0.2) is 30.7 Å². The first-order chi connectivity index (χ1) is 13.6. The van der Waals surface area contributed by atoms with Crippen LogP contribution < -0.4 is 16.4 Å². The summed E-state index contributed by atoms with van der Waals surface area (Å²) in [6.07, 6.45) is 10.0. The fourth-order valence-electron chi connectivity index (χ4n) is 4.14. The molecule has 1 amide bonds. The molecule has 1 saturated carbocycles. The Morgan fingerprint density at radius 1 is 1.21 bits per heavy atom. The molecular formula is C22H36BrN3O2. The van der Waals surface area contributed by atoms with Crippen molar-refractivity contribution in [3.63, 3.8) is 0 Å². The minimum Gasteiger partial charge on any atom is -0.398 e. The molecule has 1 aromatic rings. The Morgan fingerprint density at radius 3 is 2.61 bits per heavy atom. The molecule has 0 aromatic heterocycles. The second kappa shape index (κ2) is 12.5. The molecule has 158 valence electrons. The van der Waals surface area contributed by atoms with E-state index < -0.39 is 0 Å². The molecular weight excluding hydrogens is 418 g/mol. The molecule has 0 radical (unpaired) electrons. The monoisotopic (exact) mass is 453 g/mol. The summed E-state index contributed by atoms with van der Waals surface area (Å²) in [6, 6.07) is 3.99. The molecule has 5 nitrogen and oxygen atoms in total. The van der Waals surface area contributed by atoms with Crippen LogP contribution in [0.4, 0.5) is 5.69 Å². The largest absolute Gasteiger partial charge is 0.398 e. The molecule has 0 heterocycles. The molecule has 1 fully saturated rings. The van der Waals surface area contributed by atoms with Crippen LogP contribution in [0.1, 0.15) is 86.7 Å². The second-order valence-electron chi connectivity index (χ2n) is 7.79. The van der Waals surface area contributed by atoms with Crippen molar-refractivity contribution >= 4 is 27.5 Å². The molecule has 1 aromatic carbocycles. The summed E-state index contributed by atoms with van der Waals surface area (Å²) in [5, 5.41) is 15.5. The highest BCUT2D eigenvalue weighted by Gasteiger charge is 2.27. The zero-order valence-electron chi connectivity index (χ0n) is 17.1. The number of carbonyl (C=O) groups excluding carboxylic acids is 1. The van der Waals surface area contributed by atoms with E-state index in [1.165, 1.54) is 32.1 Å². The van der Waals surface area contributed by atoms with E-state index in [0.29, 0.717) is 18.0 Å². The van der Waals surface area contributed by atoms with Gasteiger partial charge in [0, 0.05) is 29.2 Å². The first kappa shape index (κ1) is 23.2. The lowest BCUT2D eigenvalue weighted by molar-refractivity contribution is 0.0952. The lowest BCUT2D eigenvalue weighted by atomic mass is 9.80. The number of hydrogen-bond acceptors (Lipinski definition) is 4. The molecule has 1 unspecified atom stereocenters. The van der Waals surface area contributed by atoms with Crippen LogP contribution in [0.3, 0.4) is 0 Å². The van der Waals surface area contributed by atoms with E-state index in [1.807, 2.05) is 12.1 Å². The number of aliphatic hydroxyl groups is 1. The van der Waals surface area contributed by atoms with E-state index in [1.54, 1.807) is 0 Å². The summed E-state index contributed by atoms with van der Waals surface area (Å²) in [7, 11) is 0. The van der Waals surface area contributed by atoms with Crippen molar-refractivity contribution in [2.24, 2.45) is 5.92 Å².